The van der Waals surface area contributed by atoms with Crippen LogP contribution in [0.25, 0.3) is 12.2 Å². The second-order valence-electron chi connectivity index (χ2n) is 5.13. The fraction of sp³-hybridized carbons (Fsp3) is 0.176. The minimum absolute atomic E-state index is 0.161. The van der Waals surface area contributed by atoms with Crippen molar-refractivity contribution in [2.45, 2.75) is 12.3 Å². The number of aromatic amines is 1. The average molecular weight is 312 g/mol. The number of aliphatic hydroxyl groups is 1. The van der Waals surface area contributed by atoms with Crippen LogP contribution in [0, 0.1) is 0 Å². The fourth-order valence-electron chi connectivity index (χ4n) is 2.31. The maximum atomic E-state index is 12.0. The zero-order chi connectivity index (χ0) is 16.2. The normalized spacial score (nSPS) is 20.4. The molecule has 0 saturated carbocycles. The van der Waals surface area contributed by atoms with Gasteiger partial charge in [0.25, 0.3) is 5.56 Å². The summed E-state index contributed by atoms with van der Waals surface area (Å²) in [5.41, 5.74) is 0.277. The number of benzene rings is 1. The molecular weight excluding hydrogens is 296 g/mol. The van der Waals surface area contributed by atoms with Crippen molar-refractivity contribution < 1.29 is 9.84 Å². The lowest BCUT2D eigenvalue weighted by atomic mass is 10.2. The van der Waals surface area contributed by atoms with E-state index in [9.17, 15) is 9.59 Å². The standard InChI is InChI=1S/C17H16N2O4/c20-11-14-8-9-15(23-14)19-10-13(16(21)18-17(19)22)7-6-12-4-2-1-3-5-12/h1-10,14-15,20H,11H2,(H,18,21,22)/b7-6+/t14-,15+/m0/s1. The number of rotatable bonds is 4. The summed E-state index contributed by atoms with van der Waals surface area (Å²) in [5.74, 6) is 0. The van der Waals surface area contributed by atoms with Gasteiger partial charge in [0.1, 0.15) is 6.10 Å². The van der Waals surface area contributed by atoms with Gasteiger partial charge in [-0.15, -0.1) is 0 Å². The summed E-state index contributed by atoms with van der Waals surface area (Å²) in [6.07, 6.45) is 7.16. The number of nitrogens with zero attached hydrogens (tertiary/aromatic N) is 1. The van der Waals surface area contributed by atoms with Gasteiger partial charge in [0.2, 0.25) is 0 Å². The molecule has 0 fully saturated rings. The highest BCUT2D eigenvalue weighted by molar-refractivity contribution is 5.68. The predicted octanol–water partition coefficient (Wildman–Crippen LogP) is 1.15. The van der Waals surface area contributed by atoms with Gasteiger partial charge in [0.15, 0.2) is 6.23 Å². The van der Waals surface area contributed by atoms with Crippen molar-refractivity contribution in [2.75, 3.05) is 6.61 Å². The quantitative estimate of drug-likeness (QED) is 0.830. The summed E-state index contributed by atoms with van der Waals surface area (Å²) < 4.78 is 6.78. The van der Waals surface area contributed by atoms with E-state index in [0.717, 1.165) is 5.56 Å². The lowest BCUT2D eigenvalue weighted by molar-refractivity contribution is -0.0103. The molecule has 2 N–H and O–H groups in total. The highest BCUT2D eigenvalue weighted by Crippen LogP contribution is 2.19. The van der Waals surface area contributed by atoms with Crippen molar-refractivity contribution in [3.05, 3.63) is 80.6 Å². The monoisotopic (exact) mass is 312 g/mol. The van der Waals surface area contributed by atoms with Gasteiger partial charge in [-0.3, -0.25) is 14.3 Å². The molecule has 1 aromatic carbocycles. The minimum Gasteiger partial charge on any atom is -0.393 e. The Balaban J connectivity index is 1.92. The third-order valence-corrected chi connectivity index (χ3v) is 3.51. The summed E-state index contributed by atoms with van der Waals surface area (Å²) in [4.78, 5) is 26.2. The first-order chi connectivity index (χ1) is 11.2. The third-order valence-electron chi connectivity index (χ3n) is 3.51. The highest BCUT2D eigenvalue weighted by Gasteiger charge is 2.21. The Kier molecular flexibility index (Phi) is 4.36. The first-order valence-corrected chi connectivity index (χ1v) is 7.20. The first kappa shape index (κ1) is 15.2. The molecule has 6 heteroatoms. The Morgan fingerprint density at radius 3 is 2.65 bits per heavy atom. The van der Waals surface area contributed by atoms with Gasteiger partial charge in [-0.1, -0.05) is 42.5 Å². The van der Waals surface area contributed by atoms with Gasteiger partial charge in [-0.2, -0.15) is 0 Å². The molecule has 0 spiro atoms. The molecule has 0 radical (unpaired) electrons. The summed E-state index contributed by atoms with van der Waals surface area (Å²) in [7, 11) is 0. The van der Waals surface area contributed by atoms with Crippen LogP contribution >= 0.6 is 0 Å². The summed E-state index contributed by atoms with van der Waals surface area (Å²) in [5, 5.41) is 9.08. The van der Waals surface area contributed by atoms with Crippen LogP contribution in [0.3, 0.4) is 0 Å². The van der Waals surface area contributed by atoms with Gasteiger partial charge in [-0.05, 0) is 17.7 Å². The second kappa shape index (κ2) is 6.60. The molecule has 0 aliphatic carbocycles. The number of ether oxygens (including phenoxy) is 1. The minimum atomic E-state index is -0.639. The lowest BCUT2D eigenvalue weighted by Gasteiger charge is -2.15. The van der Waals surface area contributed by atoms with Crippen LogP contribution < -0.4 is 11.2 Å². The predicted molar refractivity (Wildman–Crippen MR) is 86.8 cm³/mol. The number of nitrogens with one attached hydrogen (secondary N) is 1. The van der Waals surface area contributed by atoms with E-state index in [4.69, 9.17) is 9.84 Å². The molecule has 23 heavy (non-hydrogen) atoms. The molecule has 1 aliphatic rings. The number of aliphatic hydroxyl groups excluding tert-OH is 1. The average Bonchev–Trinajstić information content (AvgIpc) is 3.04. The topological polar surface area (TPSA) is 84.3 Å². The van der Waals surface area contributed by atoms with Crippen LogP contribution in [0.5, 0.6) is 0 Å². The number of aromatic nitrogens is 2. The Hall–Kier alpha value is -2.70. The molecule has 0 unspecified atom stereocenters. The Morgan fingerprint density at radius 2 is 1.96 bits per heavy atom. The Labute approximate surface area is 132 Å². The van der Waals surface area contributed by atoms with E-state index in [1.54, 1.807) is 24.3 Å². The third kappa shape index (κ3) is 3.39. The van der Waals surface area contributed by atoms with E-state index in [2.05, 4.69) is 4.98 Å². The second-order valence-corrected chi connectivity index (χ2v) is 5.13. The van der Waals surface area contributed by atoms with E-state index in [-0.39, 0.29) is 6.61 Å². The maximum Gasteiger partial charge on any atom is 0.330 e. The number of hydrogen-bond donors (Lipinski definition) is 2. The van der Waals surface area contributed by atoms with E-state index in [0.29, 0.717) is 5.56 Å². The Morgan fingerprint density at radius 1 is 1.17 bits per heavy atom. The van der Waals surface area contributed by atoms with E-state index in [1.807, 2.05) is 30.3 Å². The van der Waals surface area contributed by atoms with Gasteiger partial charge in [0.05, 0.1) is 12.2 Å². The molecule has 0 bridgehead atoms. The van der Waals surface area contributed by atoms with E-state index in [1.165, 1.54) is 10.8 Å². The summed E-state index contributed by atoms with van der Waals surface area (Å²) >= 11 is 0. The van der Waals surface area contributed by atoms with Crippen LogP contribution in [0.1, 0.15) is 17.4 Å². The van der Waals surface area contributed by atoms with Gasteiger partial charge < -0.3 is 9.84 Å². The molecule has 118 valence electrons. The van der Waals surface area contributed by atoms with Crippen LogP contribution in [0.15, 0.2) is 58.3 Å². The van der Waals surface area contributed by atoms with Crippen molar-refractivity contribution in [3.63, 3.8) is 0 Å². The first-order valence-electron chi connectivity index (χ1n) is 7.20. The molecule has 1 aliphatic heterocycles. The van der Waals surface area contributed by atoms with Crippen molar-refractivity contribution >= 4 is 12.2 Å². The number of H-pyrrole nitrogens is 1. The molecular formula is C17H16N2O4. The van der Waals surface area contributed by atoms with Crippen molar-refractivity contribution in [1.29, 1.82) is 0 Å². The summed E-state index contributed by atoms with van der Waals surface area (Å²) in [6, 6.07) is 9.53. The highest BCUT2D eigenvalue weighted by atomic mass is 16.5. The van der Waals surface area contributed by atoms with Crippen molar-refractivity contribution in [3.8, 4) is 0 Å². The van der Waals surface area contributed by atoms with E-state index < -0.39 is 23.6 Å². The van der Waals surface area contributed by atoms with Crippen molar-refractivity contribution in [2.24, 2.45) is 0 Å². The van der Waals surface area contributed by atoms with Gasteiger partial charge >= 0.3 is 5.69 Å². The maximum absolute atomic E-state index is 12.0. The van der Waals surface area contributed by atoms with Crippen molar-refractivity contribution in [1.82, 2.24) is 9.55 Å². The Bertz CT molecular complexity index is 849. The molecule has 2 heterocycles. The van der Waals surface area contributed by atoms with Gasteiger partial charge in [-0.25, -0.2) is 4.79 Å². The largest absolute Gasteiger partial charge is 0.393 e. The lowest BCUT2D eigenvalue weighted by Crippen LogP contribution is -2.33. The SMILES string of the molecule is O=c1[nH]c(=O)n([C@H]2C=C[C@@H](CO)O2)cc1/C=C/c1ccccc1. The van der Waals surface area contributed by atoms with Crippen LogP contribution in [-0.2, 0) is 4.74 Å². The van der Waals surface area contributed by atoms with Gasteiger partial charge in [0, 0.05) is 6.20 Å². The molecule has 3 rings (SSSR count). The molecule has 6 nitrogen and oxygen atoms in total. The molecule has 0 amide bonds. The molecule has 2 aromatic rings. The zero-order valence-electron chi connectivity index (χ0n) is 12.3. The number of hydrogen-bond acceptors (Lipinski definition) is 4. The van der Waals surface area contributed by atoms with Crippen LogP contribution in [0.4, 0.5) is 0 Å². The molecule has 1 aromatic heterocycles. The van der Waals surface area contributed by atoms with Crippen LogP contribution in [0.2, 0.25) is 0 Å². The molecule has 2 atom stereocenters. The zero-order valence-corrected chi connectivity index (χ0v) is 12.3. The van der Waals surface area contributed by atoms with E-state index >= 15 is 0 Å². The smallest absolute Gasteiger partial charge is 0.330 e. The molecule has 0 saturated heterocycles. The summed E-state index contributed by atoms with van der Waals surface area (Å²) in [6.45, 7) is -0.161. The fourth-order valence-corrected chi connectivity index (χ4v) is 2.31. The van der Waals surface area contributed by atoms with Crippen LogP contribution in [-0.4, -0.2) is 27.4 Å².